The number of carbonyl (C=O) groups excluding carboxylic acids is 1. The summed E-state index contributed by atoms with van der Waals surface area (Å²) in [6.07, 6.45) is 1.55. The third-order valence-corrected chi connectivity index (χ3v) is 5.80. The Balaban J connectivity index is 1.47. The highest BCUT2D eigenvalue weighted by atomic mass is 35.5. The fraction of sp³-hybridized carbons (Fsp3) is 0.389. The van der Waals surface area contributed by atoms with Gasteiger partial charge in [-0.2, -0.15) is 0 Å². The monoisotopic (exact) mass is 452 g/mol. The van der Waals surface area contributed by atoms with Crippen LogP contribution in [0.25, 0.3) is 0 Å². The largest absolute Gasteiger partial charge is 0.493 e. The summed E-state index contributed by atoms with van der Waals surface area (Å²) in [6, 6.07) is 5.59. The van der Waals surface area contributed by atoms with E-state index in [2.05, 4.69) is 25.7 Å². The quantitative estimate of drug-likeness (QED) is 0.368. The Morgan fingerprint density at radius 2 is 2.21 bits per heavy atom. The van der Waals surface area contributed by atoms with Crippen molar-refractivity contribution in [3.63, 3.8) is 0 Å². The van der Waals surface area contributed by atoms with E-state index in [0.29, 0.717) is 16.8 Å². The molecule has 2 heterocycles. The molecule has 11 heteroatoms. The van der Waals surface area contributed by atoms with E-state index in [1.54, 1.807) is 5.51 Å². The maximum atomic E-state index is 12.0. The van der Waals surface area contributed by atoms with Gasteiger partial charge in [0.05, 0.1) is 12.4 Å². The number of aryl methyl sites for hydroxylation is 2. The fourth-order valence-corrected chi connectivity index (χ4v) is 4.14. The number of halogens is 1. The standard InChI is InChI=1S/C18H21ClN6O2S2/c1-3-25-15(5-4-8-27-14-7-6-13(19)9-12(14)2)22-24-18(25)28-10-16(26)21-17-23-20-11-29-17/h6-7,9,11H,3-5,8,10H2,1-2H3,(H,21,23,26). The highest BCUT2D eigenvalue weighted by molar-refractivity contribution is 7.99. The fourth-order valence-electron chi connectivity index (χ4n) is 2.63. The number of carbonyl (C=O) groups is 1. The van der Waals surface area contributed by atoms with Crippen molar-refractivity contribution >= 4 is 45.7 Å². The highest BCUT2D eigenvalue weighted by Gasteiger charge is 2.14. The molecular formula is C18H21ClN6O2S2. The minimum absolute atomic E-state index is 0.148. The Morgan fingerprint density at radius 3 is 2.93 bits per heavy atom. The number of rotatable bonds is 10. The van der Waals surface area contributed by atoms with E-state index in [1.807, 2.05) is 36.6 Å². The highest BCUT2D eigenvalue weighted by Crippen LogP contribution is 2.22. The molecule has 0 radical (unpaired) electrons. The zero-order valence-corrected chi connectivity index (χ0v) is 18.5. The van der Waals surface area contributed by atoms with Gasteiger partial charge < -0.3 is 9.30 Å². The molecular weight excluding hydrogens is 432 g/mol. The molecule has 0 saturated heterocycles. The van der Waals surface area contributed by atoms with Crippen molar-refractivity contribution in [2.75, 3.05) is 17.7 Å². The summed E-state index contributed by atoms with van der Waals surface area (Å²) < 4.78 is 7.86. The van der Waals surface area contributed by atoms with Crippen LogP contribution in [-0.4, -0.2) is 43.2 Å². The molecule has 8 nitrogen and oxygen atoms in total. The van der Waals surface area contributed by atoms with Crippen LogP contribution in [0.1, 0.15) is 24.7 Å². The van der Waals surface area contributed by atoms with Gasteiger partial charge in [-0.05, 0) is 44.0 Å². The normalized spacial score (nSPS) is 10.9. The lowest BCUT2D eigenvalue weighted by Gasteiger charge is -2.10. The van der Waals surface area contributed by atoms with Crippen LogP contribution in [-0.2, 0) is 17.8 Å². The van der Waals surface area contributed by atoms with Crippen molar-refractivity contribution in [3.05, 3.63) is 40.1 Å². The first-order valence-corrected chi connectivity index (χ1v) is 11.3. The molecule has 0 spiro atoms. The molecule has 0 atom stereocenters. The van der Waals surface area contributed by atoms with Gasteiger partial charge in [-0.15, -0.1) is 20.4 Å². The van der Waals surface area contributed by atoms with Crippen LogP contribution in [0.15, 0.2) is 28.9 Å². The minimum Gasteiger partial charge on any atom is -0.493 e. The zero-order valence-electron chi connectivity index (χ0n) is 16.1. The van der Waals surface area contributed by atoms with Gasteiger partial charge in [0.1, 0.15) is 17.1 Å². The van der Waals surface area contributed by atoms with Crippen molar-refractivity contribution in [1.82, 2.24) is 25.0 Å². The zero-order chi connectivity index (χ0) is 20.6. The van der Waals surface area contributed by atoms with E-state index in [-0.39, 0.29) is 11.7 Å². The van der Waals surface area contributed by atoms with Crippen LogP contribution in [0.4, 0.5) is 5.13 Å². The summed E-state index contributed by atoms with van der Waals surface area (Å²) in [4.78, 5) is 12.0. The lowest BCUT2D eigenvalue weighted by molar-refractivity contribution is -0.113. The second-order valence-corrected chi connectivity index (χ2v) is 8.30. The SMILES string of the molecule is CCn1c(CCCOc2ccc(Cl)cc2C)nnc1SCC(=O)Nc1nncs1. The number of benzene rings is 1. The first kappa shape index (κ1) is 21.5. The molecule has 154 valence electrons. The van der Waals surface area contributed by atoms with E-state index in [0.717, 1.165) is 41.7 Å². The first-order valence-electron chi connectivity index (χ1n) is 9.06. The third kappa shape index (κ3) is 6.15. The summed E-state index contributed by atoms with van der Waals surface area (Å²) in [5, 5.41) is 20.6. The molecule has 0 aliphatic rings. The summed E-state index contributed by atoms with van der Waals surface area (Å²) >= 11 is 8.60. The van der Waals surface area contributed by atoms with Gasteiger partial charge in [0.25, 0.3) is 0 Å². The van der Waals surface area contributed by atoms with Crippen LogP contribution < -0.4 is 10.1 Å². The predicted octanol–water partition coefficient (Wildman–Crippen LogP) is 3.85. The lowest BCUT2D eigenvalue weighted by Crippen LogP contribution is -2.14. The van der Waals surface area contributed by atoms with Crippen LogP contribution in [0.2, 0.25) is 5.02 Å². The van der Waals surface area contributed by atoms with E-state index in [9.17, 15) is 4.79 Å². The minimum atomic E-state index is -0.148. The van der Waals surface area contributed by atoms with Gasteiger partial charge in [0, 0.05) is 18.0 Å². The van der Waals surface area contributed by atoms with Crippen molar-refractivity contribution in [2.24, 2.45) is 0 Å². The molecule has 0 unspecified atom stereocenters. The number of hydrogen-bond donors (Lipinski definition) is 1. The number of aromatic nitrogens is 5. The Bertz CT molecular complexity index is 948. The second-order valence-electron chi connectivity index (χ2n) is 6.09. The van der Waals surface area contributed by atoms with Crippen molar-refractivity contribution in [3.8, 4) is 5.75 Å². The number of thioether (sulfide) groups is 1. The molecule has 1 N–H and O–H groups in total. The number of amides is 1. The van der Waals surface area contributed by atoms with E-state index < -0.39 is 0 Å². The Labute approximate surface area is 182 Å². The predicted molar refractivity (Wildman–Crippen MR) is 115 cm³/mol. The number of anilines is 1. The third-order valence-electron chi connectivity index (χ3n) is 3.99. The van der Waals surface area contributed by atoms with Gasteiger partial charge in [0.15, 0.2) is 5.16 Å². The smallest absolute Gasteiger partial charge is 0.236 e. The summed E-state index contributed by atoms with van der Waals surface area (Å²) in [7, 11) is 0. The van der Waals surface area contributed by atoms with Gasteiger partial charge in [0.2, 0.25) is 11.0 Å². The number of ether oxygens (including phenoxy) is 1. The molecule has 2 aromatic heterocycles. The van der Waals surface area contributed by atoms with Crippen LogP contribution >= 0.6 is 34.7 Å². The average molecular weight is 453 g/mol. The Kier molecular flexibility index (Phi) is 7.84. The first-order chi connectivity index (χ1) is 14.1. The molecule has 0 bridgehead atoms. The van der Waals surface area contributed by atoms with Gasteiger partial charge in [-0.25, -0.2) is 0 Å². The number of nitrogens with one attached hydrogen (secondary N) is 1. The van der Waals surface area contributed by atoms with Crippen LogP contribution in [0.5, 0.6) is 5.75 Å². The maximum Gasteiger partial charge on any atom is 0.236 e. The van der Waals surface area contributed by atoms with Crippen LogP contribution in [0.3, 0.4) is 0 Å². The number of nitrogens with zero attached hydrogens (tertiary/aromatic N) is 5. The molecule has 1 aromatic carbocycles. The van der Waals surface area contributed by atoms with Gasteiger partial charge >= 0.3 is 0 Å². The molecule has 29 heavy (non-hydrogen) atoms. The van der Waals surface area contributed by atoms with Crippen molar-refractivity contribution < 1.29 is 9.53 Å². The van der Waals surface area contributed by atoms with Crippen molar-refractivity contribution in [2.45, 2.75) is 38.4 Å². The second kappa shape index (κ2) is 10.6. The maximum absolute atomic E-state index is 12.0. The average Bonchev–Trinajstić information content (AvgIpc) is 3.34. The summed E-state index contributed by atoms with van der Waals surface area (Å²) in [6.45, 7) is 5.32. The Hall–Kier alpha value is -2.17. The molecule has 0 fully saturated rings. The van der Waals surface area contributed by atoms with Crippen LogP contribution in [0, 0.1) is 6.92 Å². The Morgan fingerprint density at radius 1 is 1.34 bits per heavy atom. The summed E-state index contributed by atoms with van der Waals surface area (Å²) in [5.41, 5.74) is 2.58. The molecule has 0 saturated carbocycles. The van der Waals surface area contributed by atoms with E-state index in [1.165, 1.54) is 23.1 Å². The van der Waals surface area contributed by atoms with Crippen molar-refractivity contribution in [1.29, 1.82) is 0 Å². The van der Waals surface area contributed by atoms with E-state index >= 15 is 0 Å². The van der Waals surface area contributed by atoms with Gasteiger partial charge in [-0.3, -0.25) is 10.1 Å². The topological polar surface area (TPSA) is 94.8 Å². The molecule has 3 rings (SSSR count). The summed E-state index contributed by atoms with van der Waals surface area (Å²) in [5.74, 6) is 1.81. The lowest BCUT2D eigenvalue weighted by atomic mass is 10.2. The van der Waals surface area contributed by atoms with Gasteiger partial charge in [-0.1, -0.05) is 34.7 Å². The number of hydrogen-bond acceptors (Lipinski definition) is 8. The molecule has 0 aliphatic carbocycles. The molecule has 0 aliphatic heterocycles. The van der Waals surface area contributed by atoms with E-state index in [4.69, 9.17) is 16.3 Å². The molecule has 1 amide bonds. The molecule has 3 aromatic rings.